The molecule has 0 atom stereocenters. The third-order valence-corrected chi connectivity index (χ3v) is 3.22. The largest absolute Gasteiger partial charge is 0.295 e. The fourth-order valence-corrected chi connectivity index (χ4v) is 2.32. The Hall–Kier alpha value is -0.820. The van der Waals surface area contributed by atoms with Crippen LogP contribution < -0.4 is 0 Å². The highest BCUT2D eigenvalue weighted by Gasteiger charge is 2.18. The van der Waals surface area contributed by atoms with Crippen LogP contribution >= 0.6 is 0 Å². The molecule has 0 aliphatic carbocycles. The molecule has 0 radical (unpaired) electrons. The predicted octanol–water partition coefficient (Wildman–Crippen LogP) is 3.54. The Balaban J connectivity index is 2.16. The Labute approximate surface area is 93.1 Å². The monoisotopic (exact) mass is 203 g/mol. The molecule has 1 heterocycles. The normalized spacial score (nSPS) is 16.0. The maximum Gasteiger partial charge on any atom is 0.0240 e. The molecule has 1 nitrogen and oxygen atoms in total. The van der Waals surface area contributed by atoms with Gasteiger partial charge in [0.15, 0.2) is 0 Å². The Morgan fingerprint density at radius 3 is 2.60 bits per heavy atom. The van der Waals surface area contributed by atoms with E-state index in [0.29, 0.717) is 5.92 Å². The third-order valence-electron chi connectivity index (χ3n) is 3.22. The van der Waals surface area contributed by atoms with Crippen LogP contribution in [0.15, 0.2) is 18.2 Å². The Morgan fingerprint density at radius 2 is 1.93 bits per heavy atom. The van der Waals surface area contributed by atoms with Crippen molar-refractivity contribution in [2.75, 3.05) is 6.54 Å². The van der Waals surface area contributed by atoms with Gasteiger partial charge < -0.3 is 0 Å². The van der Waals surface area contributed by atoms with Crippen LogP contribution in [0.1, 0.15) is 49.8 Å². The van der Waals surface area contributed by atoms with E-state index in [2.05, 4.69) is 43.9 Å². The van der Waals surface area contributed by atoms with E-state index in [1.807, 2.05) is 0 Å². The molecular formula is C14H21N. The minimum absolute atomic E-state index is 0.649. The fraction of sp³-hybridized carbons (Fsp3) is 0.571. The second-order valence-corrected chi connectivity index (χ2v) is 4.89. The zero-order valence-electron chi connectivity index (χ0n) is 10.1. The van der Waals surface area contributed by atoms with Crippen LogP contribution in [0.2, 0.25) is 0 Å². The van der Waals surface area contributed by atoms with Crippen molar-refractivity contribution >= 4 is 0 Å². The molecule has 0 unspecified atom stereocenters. The summed E-state index contributed by atoms with van der Waals surface area (Å²) < 4.78 is 0. The van der Waals surface area contributed by atoms with Crippen molar-refractivity contribution in [3.05, 3.63) is 34.9 Å². The first-order valence-corrected chi connectivity index (χ1v) is 6.04. The minimum Gasteiger partial charge on any atom is -0.295 e. The van der Waals surface area contributed by atoms with Gasteiger partial charge in [0.05, 0.1) is 0 Å². The van der Waals surface area contributed by atoms with E-state index in [9.17, 15) is 0 Å². The van der Waals surface area contributed by atoms with Crippen molar-refractivity contribution in [1.82, 2.24) is 4.90 Å². The van der Waals surface area contributed by atoms with E-state index in [4.69, 9.17) is 0 Å². The summed E-state index contributed by atoms with van der Waals surface area (Å²) in [6.07, 6.45) is 1.25. The zero-order chi connectivity index (χ0) is 10.8. The average molecular weight is 203 g/mol. The first kappa shape index (κ1) is 10.7. The highest BCUT2D eigenvalue weighted by molar-refractivity contribution is 5.35. The van der Waals surface area contributed by atoms with Gasteiger partial charge in [0.1, 0.15) is 0 Å². The Bertz CT molecular complexity index is 341. The lowest BCUT2D eigenvalue weighted by atomic mass is 9.99. The molecule has 0 aromatic heterocycles. The lowest BCUT2D eigenvalue weighted by Crippen LogP contribution is -2.16. The SMILES string of the molecule is CCCN1Cc2ccc(C(C)C)cc2C1. The number of rotatable bonds is 3. The van der Waals surface area contributed by atoms with Gasteiger partial charge in [-0.15, -0.1) is 0 Å². The lowest BCUT2D eigenvalue weighted by Gasteiger charge is -2.12. The second kappa shape index (κ2) is 4.36. The fourth-order valence-electron chi connectivity index (χ4n) is 2.32. The molecule has 1 aromatic rings. The van der Waals surface area contributed by atoms with Crippen LogP contribution in [0.4, 0.5) is 0 Å². The minimum atomic E-state index is 0.649. The van der Waals surface area contributed by atoms with E-state index in [0.717, 1.165) is 13.1 Å². The third kappa shape index (κ3) is 2.23. The molecule has 0 bridgehead atoms. The van der Waals surface area contributed by atoms with Crippen molar-refractivity contribution in [3.8, 4) is 0 Å². The molecular weight excluding hydrogens is 182 g/mol. The molecule has 1 aromatic carbocycles. The smallest absolute Gasteiger partial charge is 0.0240 e. The molecule has 2 rings (SSSR count). The molecule has 82 valence electrons. The summed E-state index contributed by atoms with van der Waals surface area (Å²) in [6, 6.07) is 7.01. The molecule has 15 heavy (non-hydrogen) atoms. The van der Waals surface area contributed by atoms with Crippen LogP contribution in [0.3, 0.4) is 0 Å². The van der Waals surface area contributed by atoms with Crippen LogP contribution in [-0.4, -0.2) is 11.4 Å². The first-order valence-electron chi connectivity index (χ1n) is 6.04. The number of hydrogen-bond donors (Lipinski definition) is 0. The van der Waals surface area contributed by atoms with Crippen LogP contribution in [-0.2, 0) is 13.1 Å². The molecule has 1 aliphatic rings. The Kier molecular flexibility index (Phi) is 3.11. The molecule has 1 heteroatoms. The molecule has 0 spiro atoms. The first-order chi connectivity index (χ1) is 7.20. The van der Waals surface area contributed by atoms with Gasteiger partial charge >= 0.3 is 0 Å². The summed E-state index contributed by atoms with van der Waals surface area (Å²) in [6.45, 7) is 10.3. The average Bonchev–Trinajstić information content (AvgIpc) is 2.59. The van der Waals surface area contributed by atoms with Gasteiger partial charge in [-0.25, -0.2) is 0 Å². The number of nitrogens with zero attached hydrogens (tertiary/aromatic N) is 1. The van der Waals surface area contributed by atoms with Crippen LogP contribution in [0.25, 0.3) is 0 Å². The molecule has 0 saturated carbocycles. The summed E-state index contributed by atoms with van der Waals surface area (Å²) in [5.41, 5.74) is 4.56. The summed E-state index contributed by atoms with van der Waals surface area (Å²) >= 11 is 0. The van der Waals surface area contributed by atoms with Gasteiger partial charge in [-0.3, -0.25) is 4.90 Å². The molecule has 0 N–H and O–H groups in total. The van der Waals surface area contributed by atoms with E-state index in [1.54, 1.807) is 5.56 Å². The van der Waals surface area contributed by atoms with Crippen molar-refractivity contribution < 1.29 is 0 Å². The van der Waals surface area contributed by atoms with Crippen molar-refractivity contribution in [3.63, 3.8) is 0 Å². The van der Waals surface area contributed by atoms with E-state index in [1.165, 1.54) is 24.1 Å². The summed E-state index contributed by atoms with van der Waals surface area (Å²) in [4.78, 5) is 2.54. The van der Waals surface area contributed by atoms with Gasteiger partial charge in [0.25, 0.3) is 0 Å². The summed E-state index contributed by atoms with van der Waals surface area (Å²) in [5.74, 6) is 0.649. The molecule has 1 aliphatic heterocycles. The van der Waals surface area contributed by atoms with Crippen molar-refractivity contribution in [2.45, 2.75) is 46.2 Å². The van der Waals surface area contributed by atoms with Gasteiger partial charge in [0.2, 0.25) is 0 Å². The van der Waals surface area contributed by atoms with E-state index >= 15 is 0 Å². The van der Waals surface area contributed by atoms with Gasteiger partial charge in [0, 0.05) is 13.1 Å². The van der Waals surface area contributed by atoms with Crippen LogP contribution in [0.5, 0.6) is 0 Å². The highest BCUT2D eigenvalue weighted by Crippen LogP contribution is 2.26. The predicted molar refractivity (Wildman–Crippen MR) is 64.9 cm³/mol. The van der Waals surface area contributed by atoms with E-state index in [-0.39, 0.29) is 0 Å². The Morgan fingerprint density at radius 1 is 1.20 bits per heavy atom. The molecule has 0 amide bonds. The molecule has 0 saturated heterocycles. The molecule has 0 fully saturated rings. The summed E-state index contributed by atoms with van der Waals surface area (Å²) in [7, 11) is 0. The van der Waals surface area contributed by atoms with Crippen molar-refractivity contribution in [2.24, 2.45) is 0 Å². The highest BCUT2D eigenvalue weighted by atomic mass is 15.1. The zero-order valence-corrected chi connectivity index (χ0v) is 10.1. The number of hydrogen-bond acceptors (Lipinski definition) is 1. The number of fused-ring (bicyclic) bond motifs is 1. The second-order valence-electron chi connectivity index (χ2n) is 4.89. The lowest BCUT2D eigenvalue weighted by molar-refractivity contribution is 0.285. The quantitative estimate of drug-likeness (QED) is 0.726. The van der Waals surface area contributed by atoms with Gasteiger partial charge in [-0.1, -0.05) is 39.0 Å². The number of benzene rings is 1. The topological polar surface area (TPSA) is 3.24 Å². The van der Waals surface area contributed by atoms with Crippen LogP contribution in [0, 0.1) is 0 Å². The van der Waals surface area contributed by atoms with Gasteiger partial charge in [-0.05, 0) is 35.6 Å². The maximum absolute atomic E-state index is 2.54. The van der Waals surface area contributed by atoms with E-state index < -0.39 is 0 Å². The summed E-state index contributed by atoms with van der Waals surface area (Å²) in [5, 5.41) is 0. The van der Waals surface area contributed by atoms with Gasteiger partial charge in [-0.2, -0.15) is 0 Å². The van der Waals surface area contributed by atoms with Crippen molar-refractivity contribution in [1.29, 1.82) is 0 Å². The standard InChI is InChI=1S/C14H21N/c1-4-7-15-9-13-6-5-12(11(2)3)8-14(13)10-15/h5-6,8,11H,4,7,9-10H2,1-3H3. The maximum atomic E-state index is 2.54.